The van der Waals surface area contributed by atoms with E-state index in [1.54, 1.807) is 48.5 Å². The van der Waals surface area contributed by atoms with Crippen LogP contribution in [0.25, 0.3) is 6.08 Å². The maximum absolute atomic E-state index is 12.4. The van der Waals surface area contributed by atoms with Crippen LogP contribution in [-0.4, -0.2) is 19.4 Å². The first kappa shape index (κ1) is 21.2. The molecule has 30 heavy (non-hydrogen) atoms. The smallest absolute Gasteiger partial charge is 0.261 e. The summed E-state index contributed by atoms with van der Waals surface area (Å²) in [5.41, 5.74) is 1.92. The molecule has 3 aromatic rings. The number of nitrogens with one attached hydrogen (secondary N) is 3. The molecule has 0 fully saturated rings. The lowest BCUT2D eigenvalue weighted by Crippen LogP contribution is -2.32. The zero-order valence-electron chi connectivity index (χ0n) is 15.8. The summed E-state index contributed by atoms with van der Waals surface area (Å²) in [4.78, 5) is 12.1. The second-order valence-electron chi connectivity index (χ2n) is 6.18. The largest absolute Gasteiger partial charge is 0.332 e. The molecule has 0 atom stereocenters. The number of para-hydroxylation sites is 1. The number of hydrogen-bond acceptors (Lipinski definition) is 4. The van der Waals surface area contributed by atoms with E-state index in [0.717, 1.165) is 5.56 Å². The maximum atomic E-state index is 12.4. The van der Waals surface area contributed by atoms with Crippen LogP contribution >= 0.6 is 12.2 Å². The Kier molecular flexibility index (Phi) is 6.95. The van der Waals surface area contributed by atoms with Crippen molar-refractivity contribution in [2.24, 2.45) is 0 Å². The normalized spacial score (nSPS) is 11.1. The van der Waals surface area contributed by atoms with E-state index < -0.39 is 10.0 Å². The number of rotatable bonds is 6. The first-order valence-corrected chi connectivity index (χ1v) is 10.8. The minimum atomic E-state index is -3.70. The van der Waals surface area contributed by atoms with Crippen molar-refractivity contribution < 1.29 is 13.2 Å². The van der Waals surface area contributed by atoms with Gasteiger partial charge in [0.25, 0.3) is 10.0 Å². The third-order valence-corrected chi connectivity index (χ3v) is 5.51. The highest BCUT2D eigenvalue weighted by Gasteiger charge is 2.14. The van der Waals surface area contributed by atoms with E-state index in [2.05, 4.69) is 15.4 Å². The van der Waals surface area contributed by atoms with Gasteiger partial charge in [0.2, 0.25) is 5.91 Å². The predicted molar refractivity (Wildman–Crippen MR) is 124 cm³/mol. The molecule has 0 unspecified atom stereocenters. The maximum Gasteiger partial charge on any atom is 0.261 e. The molecule has 0 aliphatic carbocycles. The van der Waals surface area contributed by atoms with Crippen LogP contribution < -0.4 is 15.4 Å². The van der Waals surface area contributed by atoms with Gasteiger partial charge >= 0.3 is 0 Å². The molecule has 0 radical (unpaired) electrons. The minimum Gasteiger partial charge on any atom is -0.332 e. The Labute approximate surface area is 180 Å². The topological polar surface area (TPSA) is 87.3 Å². The van der Waals surface area contributed by atoms with Gasteiger partial charge in [0.05, 0.1) is 4.90 Å². The summed E-state index contributed by atoms with van der Waals surface area (Å²) in [5, 5.41) is 5.50. The van der Waals surface area contributed by atoms with Gasteiger partial charge in [-0.25, -0.2) is 8.42 Å². The zero-order valence-corrected chi connectivity index (χ0v) is 17.4. The van der Waals surface area contributed by atoms with E-state index in [4.69, 9.17) is 12.2 Å². The molecule has 0 saturated heterocycles. The highest BCUT2D eigenvalue weighted by Crippen LogP contribution is 2.18. The van der Waals surface area contributed by atoms with Crippen molar-refractivity contribution in [1.29, 1.82) is 0 Å². The van der Waals surface area contributed by atoms with Crippen molar-refractivity contribution in [3.8, 4) is 0 Å². The Bertz CT molecular complexity index is 1150. The van der Waals surface area contributed by atoms with E-state index in [-0.39, 0.29) is 15.9 Å². The highest BCUT2D eigenvalue weighted by atomic mass is 32.2. The average Bonchev–Trinajstić information content (AvgIpc) is 2.74. The van der Waals surface area contributed by atoms with Crippen molar-refractivity contribution in [1.82, 2.24) is 5.32 Å². The van der Waals surface area contributed by atoms with E-state index >= 15 is 0 Å². The predicted octanol–water partition coefficient (Wildman–Crippen LogP) is 4.01. The summed E-state index contributed by atoms with van der Waals surface area (Å²) < 4.78 is 27.4. The summed E-state index contributed by atoms with van der Waals surface area (Å²) >= 11 is 5.13. The van der Waals surface area contributed by atoms with Crippen LogP contribution in [0.15, 0.2) is 95.9 Å². The lowest BCUT2D eigenvalue weighted by atomic mass is 10.2. The Morgan fingerprint density at radius 3 is 2.03 bits per heavy atom. The van der Waals surface area contributed by atoms with Crippen molar-refractivity contribution in [3.63, 3.8) is 0 Å². The Morgan fingerprint density at radius 2 is 1.40 bits per heavy atom. The van der Waals surface area contributed by atoms with Crippen molar-refractivity contribution in [3.05, 3.63) is 96.6 Å². The Hall–Kier alpha value is -3.49. The summed E-state index contributed by atoms with van der Waals surface area (Å²) in [6.07, 6.45) is 3.06. The Morgan fingerprint density at radius 1 is 0.800 bits per heavy atom. The molecule has 0 bridgehead atoms. The molecule has 8 heteroatoms. The zero-order chi connectivity index (χ0) is 21.4. The average molecular weight is 438 g/mol. The third-order valence-electron chi connectivity index (χ3n) is 3.91. The van der Waals surface area contributed by atoms with Crippen LogP contribution in [0.5, 0.6) is 0 Å². The fraction of sp³-hybridized carbons (Fsp3) is 0. The standard InChI is InChI=1S/C22H19N3O3S2/c26-21(16-11-17-7-3-1-4-8-17)24-22(29)23-18-12-14-20(15-13-18)30(27,28)25-19-9-5-2-6-10-19/h1-16,25H,(H2,23,24,26,29). The quantitative estimate of drug-likeness (QED) is 0.401. The number of sulfonamides is 1. The molecule has 0 aliphatic rings. The first-order chi connectivity index (χ1) is 14.4. The number of anilines is 2. The minimum absolute atomic E-state index is 0.107. The lowest BCUT2D eigenvalue weighted by Gasteiger charge is -2.10. The number of thiocarbonyl (C=S) groups is 1. The number of carbonyl (C=O) groups is 1. The molecule has 6 nitrogen and oxygen atoms in total. The van der Waals surface area contributed by atoms with Crippen LogP contribution in [-0.2, 0) is 14.8 Å². The molecule has 0 heterocycles. The number of carbonyl (C=O) groups excluding carboxylic acids is 1. The van der Waals surface area contributed by atoms with Crippen LogP contribution in [0.2, 0.25) is 0 Å². The van der Waals surface area contributed by atoms with Gasteiger partial charge in [-0.2, -0.15) is 0 Å². The molecule has 3 N–H and O–H groups in total. The molecular formula is C22H19N3O3S2. The molecule has 3 aromatic carbocycles. The van der Waals surface area contributed by atoms with E-state index in [9.17, 15) is 13.2 Å². The van der Waals surface area contributed by atoms with Crippen molar-refractivity contribution in [2.75, 3.05) is 10.0 Å². The lowest BCUT2D eigenvalue weighted by molar-refractivity contribution is -0.115. The molecule has 0 spiro atoms. The molecule has 152 valence electrons. The van der Waals surface area contributed by atoms with Crippen molar-refractivity contribution in [2.45, 2.75) is 4.90 Å². The summed E-state index contributed by atoms with van der Waals surface area (Å²) in [7, 11) is -3.70. The van der Waals surface area contributed by atoms with Crippen LogP contribution in [0, 0.1) is 0 Å². The number of hydrogen-bond donors (Lipinski definition) is 3. The van der Waals surface area contributed by atoms with Gasteiger partial charge in [0.15, 0.2) is 5.11 Å². The van der Waals surface area contributed by atoms with Gasteiger partial charge in [-0.05, 0) is 60.3 Å². The fourth-order valence-corrected chi connectivity index (χ4v) is 3.77. The summed E-state index contributed by atoms with van der Waals surface area (Å²) in [5.74, 6) is -0.373. The number of benzene rings is 3. The fourth-order valence-electron chi connectivity index (χ4n) is 2.49. The van der Waals surface area contributed by atoms with Gasteiger partial charge in [-0.1, -0.05) is 48.5 Å². The van der Waals surface area contributed by atoms with E-state index in [1.807, 2.05) is 30.3 Å². The van der Waals surface area contributed by atoms with Gasteiger partial charge in [0.1, 0.15) is 0 Å². The van der Waals surface area contributed by atoms with Gasteiger partial charge in [0, 0.05) is 17.5 Å². The van der Waals surface area contributed by atoms with Crippen molar-refractivity contribution >= 4 is 50.7 Å². The van der Waals surface area contributed by atoms with Gasteiger partial charge in [-0.15, -0.1) is 0 Å². The van der Waals surface area contributed by atoms with Crippen LogP contribution in [0.1, 0.15) is 5.56 Å². The monoisotopic (exact) mass is 437 g/mol. The first-order valence-electron chi connectivity index (χ1n) is 8.95. The van der Waals surface area contributed by atoms with E-state index in [1.165, 1.54) is 18.2 Å². The van der Waals surface area contributed by atoms with Gasteiger partial charge < -0.3 is 5.32 Å². The molecule has 3 rings (SSSR count). The van der Waals surface area contributed by atoms with Crippen LogP contribution in [0.3, 0.4) is 0 Å². The molecule has 0 aliphatic heterocycles. The highest BCUT2D eigenvalue weighted by molar-refractivity contribution is 7.92. The summed E-state index contributed by atoms with van der Waals surface area (Å²) in [6.45, 7) is 0. The second kappa shape index (κ2) is 9.82. The summed E-state index contributed by atoms with van der Waals surface area (Å²) in [6, 6.07) is 24.1. The second-order valence-corrected chi connectivity index (χ2v) is 8.27. The molecule has 1 amide bonds. The number of amides is 1. The molecular weight excluding hydrogens is 418 g/mol. The van der Waals surface area contributed by atoms with E-state index in [0.29, 0.717) is 11.4 Å². The molecule has 0 aromatic heterocycles. The van der Waals surface area contributed by atoms with Gasteiger partial charge in [-0.3, -0.25) is 14.8 Å². The van der Waals surface area contributed by atoms with Crippen LogP contribution in [0.4, 0.5) is 11.4 Å². The Balaban J connectivity index is 1.56. The SMILES string of the molecule is O=C(C=Cc1ccccc1)NC(=S)Nc1ccc(S(=O)(=O)Nc2ccccc2)cc1. The third kappa shape index (κ3) is 6.26. The molecule has 0 saturated carbocycles.